The topological polar surface area (TPSA) is 9.23 Å². The fraction of sp³-hybridized carbons (Fsp3) is 1.00. The van der Waals surface area contributed by atoms with Gasteiger partial charge in [0, 0.05) is 11.8 Å². The van der Waals surface area contributed by atoms with Gasteiger partial charge in [-0.25, -0.2) is 0 Å². The Balaban J connectivity index is 2.08. The lowest BCUT2D eigenvalue weighted by atomic mass is 9.70. The molecule has 5 unspecified atom stereocenters. The van der Waals surface area contributed by atoms with Crippen molar-refractivity contribution in [3.63, 3.8) is 0 Å². The summed E-state index contributed by atoms with van der Waals surface area (Å²) in [7, 11) is 0. The molecule has 0 N–H and O–H groups in total. The van der Waals surface area contributed by atoms with Crippen molar-refractivity contribution in [3.05, 3.63) is 0 Å². The molecule has 0 saturated heterocycles. The Morgan fingerprint density at radius 2 is 1.94 bits per heavy atom. The van der Waals surface area contributed by atoms with Gasteiger partial charge in [0.05, 0.1) is 16.1 Å². The molecule has 0 radical (unpaired) electrons. The smallest absolute Gasteiger partial charge is 0.0843 e. The predicted octanol–water partition coefficient (Wildman–Crippen LogP) is 4.87. The van der Waals surface area contributed by atoms with Gasteiger partial charge in [-0.15, -0.1) is 23.2 Å². The van der Waals surface area contributed by atoms with Crippen LogP contribution in [-0.2, 0) is 4.74 Å². The van der Waals surface area contributed by atoms with Crippen molar-refractivity contribution >= 4 is 45.8 Å². The molecule has 2 fully saturated rings. The van der Waals surface area contributed by atoms with E-state index in [0.29, 0.717) is 32.6 Å². The average molecular weight is 405 g/mol. The minimum atomic E-state index is 0.0849. The lowest BCUT2D eigenvalue weighted by Gasteiger charge is -2.40. The molecule has 2 saturated carbocycles. The summed E-state index contributed by atoms with van der Waals surface area (Å²) < 4.78 is 6.66. The summed E-state index contributed by atoms with van der Waals surface area (Å²) in [4.78, 5) is 0. The maximum atomic E-state index is 6.36. The first kappa shape index (κ1) is 15.7. The van der Waals surface area contributed by atoms with Gasteiger partial charge in [-0.1, -0.05) is 43.4 Å². The van der Waals surface area contributed by atoms with E-state index >= 15 is 0 Å². The molecule has 2 bridgehead atoms. The van der Waals surface area contributed by atoms with Crippen LogP contribution in [0.1, 0.15) is 40.0 Å². The van der Waals surface area contributed by atoms with Gasteiger partial charge in [-0.2, -0.15) is 0 Å². The van der Waals surface area contributed by atoms with Crippen molar-refractivity contribution in [1.82, 2.24) is 0 Å². The molecule has 106 valence electrons. The van der Waals surface area contributed by atoms with Crippen LogP contribution in [0.4, 0.5) is 0 Å². The van der Waals surface area contributed by atoms with Crippen molar-refractivity contribution in [2.45, 2.75) is 56.2 Å². The molecule has 0 aromatic rings. The highest BCUT2D eigenvalue weighted by molar-refractivity contribution is 14.1. The summed E-state index contributed by atoms with van der Waals surface area (Å²) in [6, 6.07) is 0. The van der Waals surface area contributed by atoms with E-state index in [0.717, 1.165) is 5.92 Å². The van der Waals surface area contributed by atoms with Gasteiger partial charge in [0.15, 0.2) is 0 Å². The van der Waals surface area contributed by atoms with E-state index in [1.807, 2.05) is 0 Å². The maximum Gasteiger partial charge on any atom is 0.0843 e. The summed E-state index contributed by atoms with van der Waals surface area (Å²) in [6.07, 6.45) is 4.29. The normalized spacial score (nSPS) is 41.0. The maximum absolute atomic E-state index is 6.36. The summed E-state index contributed by atoms with van der Waals surface area (Å²) in [5.74, 6) is 1.96. The summed E-state index contributed by atoms with van der Waals surface area (Å²) in [5, 5.41) is 0. The van der Waals surface area contributed by atoms with Crippen LogP contribution in [-0.4, -0.2) is 27.9 Å². The van der Waals surface area contributed by atoms with E-state index in [1.54, 1.807) is 0 Å². The van der Waals surface area contributed by atoms with Crippen LogP contribution in [0.15, 0.2) is 0 Å². The lowest BCUT2D eigenvalue weighted by molar-refractivity contribution is -0.0764. The van der Waals surface area contributed by atoms with E-state index in [9.17, 15) is 0 Å². The molecule has 4 heteroatoms. The number of halogens is 3. The zero-order chi connectivity index (χ0) is 13.6. The third kappa shape index (κ3) is 2.33. The second-order valence-corrected chi connectivity index (χ2v) is 8.82. The van der Waals surface area contributed by atoms with Crippen LogP contribution < -0.4 is 0 Å². The highest BCUT2D eigenvalue weighted by Crippen LogP contribution is 2.66. The number of alkyl halides is 3. The Labute approximate surface area is 134 Å². The molecule has 0 amide bonds. The van der Waals surface area contributed by atoms with Crippen molar-refractivity contribution in [2.24, 2.45) is 16.7 Å². The van der Waals surface area contributed by atoms with Gasteiger partial charge >= 0.3 is 0 Å². The van der Waals surface area contributed by atoms with Crippen molar-refractivity contribution in [2.75, 3.05) is 11.8 Å². The molecule has 18 heavy (non-hydrogen) atoms. The molecule has 2 aliphatic carbocycles. The number of hydrogen-bond acceptors (Lipinski definition) is 1. The number of hydrogen-bond donors (Lipinski definition) is 0. The van der Waals surface area contributed by atoms with Crippen molar-refractivity contribution in [3.8, 4) is 0 Å². The first-order valence-corrected chi connectivity index (χ1v) is 9.09. The Morgan fingerprint density at radius 3 is 2.33 bits per heavy atom. The largest absolute Gasteiger partial charge is 0.372 e. The monoisotopic (exact) mass is 404 g/mol. The van der Waals surface area contributed by atoms with Gasteiger partial charge in [-0.05, 0) is 36.0 Å². The molecule has 0 aliphatic heterocycles. The molecule has 5 atom stereocenters. The zero-order valence-electron chi connectivity index (χ0n) is 11.4. The second kappa shape index (κ2) is 5.57. The van der Waals surface area contributed by atoms with E-state index in [2.05, 4.69) is 43.4 Å². The van der Waals surface area contributed by atoms with E-state index < -0.39 is 0 Å². The minimum Gasteiger partial charge on any atom is -0.372 e. The fourth-order valence-electron chi connectivity index (χ4n) is 3.86. The molecule has 1 nitrogen and oxygen atoms in total. The van der Waals surface area contributed by atoms with Gasteiger partial charge in [0.25, 0.3) is 0 Å². The Bertz CT molecular complexity index is 310. The number of ether oxygens (including phenoxy) is 1. The van der Waals surface area contributed by atoms with Crippen LogP contribution >= 0.6 is 45.8 Å². The summed E-state index contributed by atoms with van der Waals surface area (Å²) in [6.45, 7) is 7.22. The van der Waals surface area contributed by atoms with Crippen LogP contribution in [0.3, 0.4) is 0 Å². The molecule has 0 aromatic carbocycles. The number of rotatable bonds is 5. The van der Waals surface area contributed by atoms with Crippen LogP contribution in [0.5, 0.6) is 0 Å². The molecular formula is C14H23Cl2IO. The Morgan fingerprint density at radius 1 is 1.28 bits per heavy atom. The van der Waals surface area contributed by atoms with Crippen molar-refractivity contribution < 1.29 is 4.74 Å². The van der Waals surface area contributed by atoms with Crippen molar-refractivity contribution in [1.29, 1.82) is 0 Å². The Kier molecular flexibility index (Phi) is 4.85. The molecule has 2 aliphatic rings. The van der Waals surface area contributed by atoms with Crippen LogP contribution in [0.2, 0.25) is 0 Å². The standard InChI is InChI=1S/C14H23Cl2IO/c1-13(2)9-4-5-14(13,3)12(6-9)18-11(8-16)10(17)7-15/h9-12H,4-8H2,1-3H3. The second-order valence-electron chi connectivity index (χ2n) is 6.60. The molecule has 0 heterocycles. The first-order chi connectivity index (χ1) is 8.36. The summed E-state index contributed by atoms with van der Waals surface area (Å²) in [5.41, 5.74) is 0.709. The third-order valence-corrected chi connectivity index (χ3v) is 8.16. The first-order valence-electron chi connectivity index (χ1n) is 6.78. The molecular weight excluding hydrogens is 382 g/mol. The van der Waals surface area contributed by atoms with Gasteiger partial charge in [0.2, 0.25) is 0 Å². The van der Waals surface area contributed by atoms with Crippen LogP contribution in [0, 0.1) is 16.7 Å². The van der Waals surface area contributed by atoms with E-state index in [1.165, 1.54) is 19.3 Å². The van der Waals surface area contributed by atoms with Gasteiger partial charge in [0.1, 0.15) is 0 Å². The average Bonchev–Trinajstić information content (AvgIpc) is 2.67. The highest BCUT2D eigenvalue weighted by atomic mass is 127. The molecule has 2 rings (SSSR count). The predicted molar refractivity (Wildman–Crippen MR) is 87.1 cm³/mol. The lowest BCUT2D eigenvalue weighted by Crippen LogP contribution is -2.42. The quantitative estimate of drug-likeness (QED) is 0.469. The van der Waals surface area contributed by atoms with E-state index in [4.69, 9.17) is 27.9 Å². The number of fused-ring (bicyclic) bond motifs is 2. The SMILES string of the molecule is CC1(C)C2CCC1(C)C(OC(CCl)C(I)CCl)C2. The fourth-order valence-corrected chi connectivity index (χ4v) is 5.08. The van der Waals surface area contributed by atoms with Gasteiger partial charge in [-0.3, -0.25) is 0 Å². The third-order valence-electron chi connectivity index (χ3n) is 5.76. The molecule has 0 spiro atoms. The van der Waals surface area contributed by atoms with E-state index in [-0.39, 0.29) is 6.10 Å². The minimum absolute atomic E-state index is 0.0849. The van der Waals surface area contributed by atoms with Gasteiger partial charge < -0.3 is 4.74 Å². The Hall–Kier alpha value is 1.27. The summed E-state index contributed by atoms with van der Waals surface area (Å²) >= 11 is 14.3. The molecule has 0 aromatic heterocycles. The van der Waals surface area contributed by atoms with Crippen LogP contribution in [0.25, 0.3) is 0 Å². The zero-order valence-corrected chi connectivity index (χ0v) is 15.1. The highest BCUT2D eigenvalue weighted by Gasteiger charge is 2.62.